The average molecular weight is 592 g/mol. The van der Waals surface area contributed by atoms with Gasteiger partial charge in [0.25, 0.3) is 5.56 Å². The summed E-state index contributed by atoms with van der Waals surface area (Å²) in [5.74, 6) is 0.379. The molecule has 0 bridgehead atoms. The standard InChI is InChI=1S/C35H37N5O4/c1-22(40-30-32(39(2)35(44)38-34(30)43)37-31(40)27-15-7-4-8-16-27)23-17-19-26(20-18-23)29(25-13-9-10-14-25)33(42)36-28(21-41)24-11-5-3-6-12-24/h3-8,11-12,15-20,22,25,28-29,41H,9-10,13-14,21H2,1-2H3,(H,36,42)(H,38,43,44). The first-order valence-electron chi connectivity index (χ1n) is 15.2. The predicted octanol–water partition coefficient (Wildman–Crippen LogP) is 4.82. The quantitative estimate of drug-likeness (QED) is 0.227. The van der Waals surface area contributed by atoms with Crippen LogP contribution in [-0.4, -0.2) is 36.7 Å². The second-order valence-corrected chi connectivity index (χ2v) is 11.7. The van der Waals surface area contributed by atoms with Gasteiger partial charge in [0.1, 0.15) is 5.82 Å². The Kier molecular flexibility index (Phi) is 8.30. The van der Waals surface area contributed by atoms with E-state index in [2.05, 4.69) is 10.3 Å². The number of hydrogen-bond acceptors (Lipinski definition) is 5. The molecular formula is C35H37N5O4. The molecule has 3 aromatic carbocycles. The number of nitrogens with one attached hydrogen (secondary N) is 2. The molecule has 2 aromatic heterocycles. The second kappa shape index (κ2) is 12.5. The maximum Gasteiger partial charge on any atom is 0.329 e. The lowest BCUT2D eigenvalue weighted by Gasteiger charge is -2.27. The Hall–Kier alpha value is -4.76. The number of aromatic amines is 1. The Morgan fingerprint density at radius 1 is 0.932 bits per heavy atom. The number of fused-ring (bicyclic) bond motifs is 1. The first-order valence-corrected chi connectivity index (χ1v) is 15.2. The minimum absolute atomic E-state index is 0.0833. The van der Waals surface area contributed by atoms with Gasteiger partial charge in [-0.3, -0.25) is 19.1 Å². The van der Waals surface area contributed by atoms with Crippen molar-refractivity contribution < 1.29 is 9.90 Å². The number of aromatic nitrogens is 4. The lowest BCUT2D eigenvalue weighted by Crippen LogP contribution is -2.37. The molecule has 0 radical (unpaired) electrons. The lowest BCUT2D eigenvalue weighted by molar-refractivity contribution is -0.124. The number of imidazole rings is 1. The van der Waals surface area contributed by atoms with Crippen molar-refractivity contribution in [2.45, 2.75) is 50.6 Å². The van der Waals surface area contributed by atoms with Crippen LogP contribution in [0, 0.1) is 5.92 Å². The number of nitrogens with zero attached hydrogens (tertiary/aromatic N) is 3. The number of carbonyl (C=O) groups is 1. The van der Waals surface area contributed by atoms with Crippen molar-refractivity contribution in [1.29, 1.82) is 0 Å². The molecular weight excluding hydrogens is 554 g/mol. The highest BCUT2D eigenvalue weighted by Crippen LogP contribution is 2.39. The lowest BCUT2D eigenvalue weighted by atomic mass is 9.83. The van der Waals surface area contributed by atoms with Crippen LogP contribution in [0.2, 0.25) is 0 Å². The van der Waals surface area contributed by atoms with Crippen molar-refractivity contribution in [2.24, 2.45) is 13.0 Å². The van der Waals surface area contributed by atoms with E-state index >= 15 is 0 Å². The maximum atomic E-state index is 13.8. The van der Waals surface area contributed by atoms with Crippen LogP contribution in [-0.2, 0) is 11.8 Å². The van der Waals surface area contributed by atoms with E-state index in [0.717, 1.165) is 47.9 Å². The molecule has 226 valence electrons. The first-order chi connectivity index (χ1) is 21.4. The third-order valence-electron chi connectivity index (χ3n) is 9.00. The van der Waals surface area contributed by atoms with Gasteiger partial charge in [-0.25, -0.2) is 9.78 Å². The number of benzene rings is 3. The molecule has 3 unspecified atom stereocenters. The molecule has 5 aromatic rings. The number of aliphatic hydroxyl groups excluding tert-OH is 1. The Morgan fingerprint density at radius 2 is 1.55 bits per heavy atom. The van der Waals surface area contributed by atoms with Gasteiger partial charge in [-0.2, -0.15) is 0 Å². The number of rotatable bonds is 9. The fourth-order valence-electron chi connectivity index (χ4n) is 6.61. The van der Waals surface area contributed by atoms with Gasteiger partial charge in [0.2, 0.25) is 5.91 Å². The van der Waals surface area contributed by atoms with Gasteiger partial charge >= 0.3 is 5.69 Å². The Bertz CT molecular complexity index is 1870. The van der Waals surface area contributed by atoms with Crippen LogP contribution in [0.25, 0.3) is 22.6 Å². The van der Waals surface area contributed by atoms with Crippen LogP contribution in [0.3, 0.4) is 0 Å². The smallest absolute Gasteiger partial charge is 0.329 e. The molecule has 1 aliphatic carbocycles. The van der Waals surface area contributed by atoms with E-state index in [0.29, 0.717) is 17.0 Å². The highest BCUT2D eigenvalue weighted by molar-refractivity contribution is 5.84. The molecule has 0 spiro atoms. The van der Waals surface area contributed by atoms with Crippen LogP contribution in [0.4, 0.5) is 0 Å². The molecule has 9 nitrogen and oxygen atoms in total. The fraction of sp³-hybridized carbons (Fsp3) is 0.314. The molecule has 3 atom stereocenters. The SMILES string of the molecule is CC(c1ccc(C(C(=O)NC(CO)c2ccccc2)C2CCCC2)cc1)n1c(-c2ccccc2)nc2c1c(=O)[nH]c(=O)n2C. The zero-order chi connectivity index (χ0) is 30.8. The van der Waals surface area contributed by atoms with Crippen molar-refractivity contribution in [3.63, 3.8) is 0 Å². The summed E-state index contributed by atoms with van der Waals surface area (Å²) in [6.07, 6.45) is 4.15. The zero-order valence-corrected chi connectivity index (χ0v) is 24.9. The van der Waals surface area contributed by atoms with E-state index < -0.39 is 17.3 Å². The molecule has 1 fully saturated rings. The van der Waals surface area contributed by atoms with E-state index in [1.54, 1.807) is 7.05 Å². The summed E-state index contributed by atoms with van der Waals surface area (Å²) in [4.78, 5) is 46.5. The largest absolute Gasteiger partial charge is 0.394 e. The highest BCUT2D eigenvalue weighted by atomic mass is 16.3. The van der Waals surface area contributed by atoms with Gasteiger partial charge in [-0.05, 0) is 42.4 Å². The molecule has 44 heavy (non-hydrogen) atoms. The summed E-state index contributed by atoms with van der Waals surface area (Å²) in [6.45, 7) is 1.82. The average Bonchev–Trinajstić information content (AvgIpc) is 3.73. The molecule has 6 rings (SSSR count). The number of amides is 1. The highest BCUT2D eigenvalue weighted by Gasteiger charge is 2.33. The molecule has 9 heteroatoms. The molecule has 1 aliphatic rings. The Morgan fingerprint density at radius 3 is 2.18 bits per heavy atom. The van der Waals surface area contributed by atoms with E-state index in [1.807, 2.05) is 96.4 Å². The molecule has 0 aliphatic heterocycles. The minimum atomic E-state index is -0.518. The zero-order valence-electron chi connectivity index (χ0n) is 24.9. The summed E-state index contributed by atoms with van der Waals surface area (Å²) in [5, 5.41) is 13.2. The van der Waals surface area contributed by atoms with E-state index in [9.17, 15) is 19.5 Å². The number of aliphatic hydroxyl groups is 1. The first kappa shape index (κ1) is 29.3. The molecule has 3 N–H and O–H groups in total. The van der Waals surface area contributed by atoms with Crippen molar-refractivity contribution in [2.75, 3.05) is 6.61 Å². The van der Waals surface area contributed by atoms with Gasteiger partial charge < -0.3 is 15.0 Å². The van der Waals surface area contributed by atoms with E-state index in [-0.39, 0.29) is 30.4 Å². The van der Waals surface area contributed by atoms with Gasteiger partial charge in [-0.1, -0.05) is 97.8 Å². The predicted molar refractivity (Wildman–Crippen MR) is 170 cm³/mol. The normalized spacial score (nSPS) is 15.7. The maximum absolute atomic E-state index is 13.8. The summed E-state index contributed by atoms with van der Waals surface area (Å²) >= 11 is 0. The fourth-order valence-corrected chi connectivity index (χ4v) is 6.61. The molecule has 2 heterocycles. The van der Waals surface area contributed by atoms with Crippen LogP contribution in [0.5, 0.6) is 0 Å². The van der Waals surface area contributed by atoms with Crippen LogP contribution in [0.15, 0.2) is 94.5 Å². The third kappa shape index (κ3) is 5.51. The van der Waals surface area contributed by atoms with Crippen LogP contribution < -0.4 is 16.6 Å². The van der Waals surface area contributed by atoms with Crippen molar-refractivity contribution in [3.8, 4) is 11.4 Å². The van der Waals surface area contributed by atoms with E-state index in [4.69, 9.17) is 4.98 Å². The molecule has 1 saturated carbocycles. The van der Waals surface area contributed by atoms with Gasteiger partial charge in [0.05, 0.1) is 24.6 Å². The van der Waals surface area contributed by atoms with E-state index in [1.165, 1.54) is 4.57 Å². The summed E-state index contributed by atoms with van der Waals surface area (Å²) < 4.78 is 3.24. The van der Waals surface area contributed by atoms with Gasteiger partial charge in [0.15, 0.2) is 11.2 Å². The number of carbonyl (C=O) groups excluding carboxylic acids is 1. The number of hydrogen-bond donors (Lipinski definition) is 3. The van der Waals surface area contributed by atoms with Crippen LogP contribution in [0.1, 0.15) is 67.3 Å². The second-order valence-electron chi connectivity index (χ2n) is 11.7. The molecule has 0 saturated heterocycles. The van der Waals surface area contributed by atoms with Crippen LogP contribution >= 0.6 is 0 Å². The Balaban J connectivity index is 1.37. The summed E-state index contributed by atoms with van der Waals surface area (Å²) in [7, 11) is 1.60. The summed E-state index contributed by atoms with van der Waals surface area (Å²) in [6, 6.07) is 26.4. The Labute approximate surface area is 255 Å². The molecule has 1 amide bonds. The minimum Gasteiger partial charge on any atom is -0.394 e. The third-order valence-corrected chi connectivity index (χ3v) is 9.00. The van der Waals surface area contributed by atoms with Gasteiger partial charge in [-0.15, -0.1) is 0 Å². The number of H-pyrrole nitrogens is 1. The topological polar surface area (TPSA) is 122 Å². The number of aryl methyl sites for hydroxylation is 1. The summed E-state index contributed by atoms with van der Waals surface area (Å²) in [5.41, 5.74) is 3.18. The van der Waals surface area contributed by atoms with Crippen molar-refractivity contribution in [3.05, 3.63) is 122 Å². The van der Waals surface area contributed by atoms with Crippen molar-refractivity contribution in [1.82, 2.24) is 24.4 Å². The monoisotopic (exact) mass is 591 g/mol. The van der Waals surface area contributed by atoms with Gasteiger partial charge in [0, 0.05) is 12.6 Å². The van der Waals surface area contributed by atoms with Crippen molar-refractivity contribution >= 4 is 17.1 Å².